The third kappa shape index (κ3) is 3.56. The molecule has 0 aromatic carbocycles. The smallest absolute Gasteiger partial charge is 0.257 e. The van der Waals surface area contributed by atoms with Crippen LogP contribution in [0, 0.1) is 0 Å². The molecule has 0 radical (unpaired) electrons. The van der Waals surface area contributed by atoms with E-state index in [1.807, 2.05) is 6.07 Å². The maximum atomic E-state index is 12.2. The molecule has 0 saturated carbocycles. The molecule has 1 aliphatic heterocycles. The zero-order chi connectivity index (χ0) is 16.1. The Bertz CT molecular complexity index is 686. The van der Waals surface area contributed by atoms with Crippen molar-refractivity contribution in [3.05, 3.63) is 42.0 Å². The molecule has 1 fully saturated rings. The Hall–Kier alpha value is -2.70. The molecule has 0 atom stereocenters. The van der Waals surface area contributed by atoms with Gasteiger partial charge in [0.2, 0.25) is 5.88 Å². The van der Waals surface area contributed by atoms with Crippen LogP contribution in [0.2, 0.25) is 0 Å². The lowest BCUT2D eigenvalue weighted by Gasteiger charge is -2.16. The minimum atomic E-state index is -0.259. The topological polar surface area (TPSA) is 80.2 Å². The number of ether oxygens (including phenoxy) is 1. The van der Waals surface area contributed by atoms with Crippen molar-refractivity contribution in [1.82, 2.24) is 20.3 Å². The molecule has 1 aliphatic rings. The first-order chi connectivity index (χ1) is 11.3. The van der Waals surface area contributed by atoms with E-state index in [-0.39, 0.29) is 12.5 Å². The Labute approximate surface area is 134 Å². The van der Waals surface area contributed by atoms with Gasteiger partial charge in [-0.25, -0.2) is 15.0 Å². The number of aromatic nitrogens is 3. The molecule has 0 bridgehead atoms. The Balaban J connectivity index is 1.66. The molecule has 7 nitrogen and oxygen atoms in total. The molecule has 2 aromatic heterocycles. The van der Waals surface area contributed by atoms with Crippen LogP contribution in [-0.4, -0.2) is 41.1 Å². The number of amides is 1. The third-order valence-corrected chi connectivity index (χ3v) is 3.74. The van der Waals surface area contributed by atoms with E-state index in [4.69, 9.17) is 4.74 Å². The summed E-state index contributed by atoms with van der Waals surface area (Å²) in [4.78, 5) is 27.2. The second kappa shape index (κ2) is 7.04. The predicted octanol–water partition coefficient (Wildman–Crippen LogP) is 1.41. The van der Waals surface area contributed by atoms with Gasteiger partial charge in [0.05, 0.1) is 13.7 Å². The minimum absolute atomic E-state index is 0.259. The first kappa shape index (κ1) is 15.2. The van der Waals surface area contributed by atoms with Crippen LogP contribution >= 0.6 is 0 Å². The van der Waals surface area contributed by atoms with Crippen molar-refractivity contribution in [3.8, 4) is 5.88 Å². The van der Waals surface area contributed by atoms with Crippen LogP contribution in [0.25, 0.3) is 0 Å². The summed E-state index contributed by atoms with van der Waals surface area (Å²) in [6, 6.07) is 5.27. The van der Waals surface area contributed by atoms with Crippen LogP contribution in [0.15, 0.2) is 30.6 Å². The van der Waals surface area contributed by atoms with E-state index in [1.54, 1.807) is 24.5 Å². The van der Waals surface area contributed by atoms with Crippen molar-refractivity contribution in [3.63, 3.8) is 0 Å². The van der Waals surface area contributed by atoms with Crippen LogP contribution in [0.4, 0.5) is 5.82 Å². The van der Waals surface area contributed by atoms with E-state index in [0.717, 1.165) is 18.9 Å². The van der Waals surface area contributed by atoms with Crippen LogP contribution in [-0.2, 0) is 6.54 Å². The molecule has 3 heterocycles. The minimum Gasteiger partial charge on any atom is -0.480 e. The highest BCUT2D eigenvalue weighted by Crippen LogP contribution is 2.17. The van der Waals surface area contributed by atoms with Gasteiger partial charge in [-0.05, 0) is 31.0 Å². The number of hydrogen-bond acceptors (Lipinski definition) is 6. The van der Waals surface area contributed by atoms with Crippen molar-refractivity contribution >= 4 is 11.7 Å². The predicted molar refractivity (Wildman–Crippen MR) is 85.4 cm³/mol. The van der Waals surface area contributed by atoms with Gasteiger partial charge in [0, 0.05) is 25.5 Å². The molecular formula is C16H19N5O2. The average Bonchev–Trinajstić information content (AvgIpc) is 3.14. The first-order valence-electron chi connectivity index (χ1n) is 7.62. The summed E-state index contributed by atoms with van der Waals surface area (Å²) in [5.74, 6) is 1.55. The van der Waals surface area contributed by atoms with Gasteiger partial charge in [-0.15, -0.1) is 0 Å². The molecule has 2 aromatic rings. The van der Waals surface area contributed by atoms with E-state index in [1.165, 1.54) is 20.0 Å². The fourth-order valence-electron chi connectivity index (χ4n) is 2.58. The van der Waals surface area contributed by atoms with E-state index >= 15 is 0 Å². The number of nitrogens with one attached hydrogen (secondary N) is 1. The molecule has 7 heteroatoms. The monoisotopic (exact) mass is 313 g/mol. The molecular weight excluding hydrogens is 294 g/mol. The standard InChI is InChI=1S/C16H19N5O2/c1-23-16-12(5-4-7-18-16)15(22)19-11-13-17-8-6-14(20-13)21-9-2-3-10-21/h4-8H,2-3,9-11H2,1H3,(H,19,22). The lowest BCUT2D eigenvalue weighted by molar-refractivity contribution is 0.0946. The van der Waals surface area contributed by atoms with Gasteiger partial charge in [-0.1, -0.05) is 0 Å². The Morgan fingerprint density at radius 2 is 2.09 bits per heavy atom. The van der Waals surface area contributed by atoms with E-state index in [2.05, 4.69) is 25.2 Å². The van der Waals surface area contributed by atoms with E-state index < -0.39 is 0 Å². The molecule has 23 heavy (non-hydrogen) atoms. The number of methoxy groups -OCH3 is 1. The van der Waals surface area contributed by atoms with Crippen molar-refractivity contribution in [2.24, 2.45) is 0 Å². The highest BCUT2D eigenvalue weighted by Gasteiger charge is 2.15. The number of pyridine rings is 1. The summed E-state index contributed by atoms with van der Waals surface area (Å²) in [5.41, 5.74) is 0.394. The summed E-state index contributed by atoms with van der Waals surface area (Å²) < 4.78 is 5.10. The van der Waals surface area contributed by atoms with Crippen LogP contribution in [0.1, 0.15) is 29.0 Å². The van der Waals surface area contributed by atoms with Crippen LogP contribution in [0.3, 0.4) is 0 Å². The zero-order valence-corrected chi connectivity index (χ0v) is 13.0. The van der Waals surface area contributed by atoms with Gasteiger partial charge < -0.3 is 15.0 Å². The number of rotatable bonds is 5. The van der Waals surface area contributed by atoms with Gasteiger partial charge >= 0.3 is 0 Å². The maximum absolute atomic E-state index is 12.2. The van der Waals surface area contributed by atoms with Gasteiger partial charge in [-0.3, -0.25) is 4.79 Å². The Morgan fingerprint density at radius 3 is 2.87 bits per heavy atom. The van der Waals surface area contributed by atoms with Crippen molar-refractivity contribution in [1.29, 1.82) is 0 Å². The first-order valence-corrected chi connectivity index (χ1v) is 7.62. The molecule has 0 unspecified atom stereocenters. The molecule has 0 spiro atoms. The third-order valence-electron chi connectivity index (χ3n) is 3.74. The van der Waals surface area contributed by atoms with Crippen molar-refractivity contribution in [2.75, 3.05) is 25.1 Å². The average molecular weight is 313 g/mol. The normalized spacial score (nSPS) is 13.9. The quantitative estimate of drug-likeness (QED) is 0.899. The highest BCUT2D eigenvalue weighted by molar-refractivity contribution is 5.96. The summed E-state index contributed by atoms with van der Waals surface area (Å²) in [6.45, 7) is 2.31. The summed E-state index contributed by atoms with van der Waals surface area (Å²) in [5, 5.41) is 2.81. The van der Waals surface area contributed by atoms with E-state index in [9.17, 15) is 4.79 Å². The van der Waals surface area contributed by atoms with E-state index in [0.29, 0.717) is 17.3 Å². The molecule has 3 rings (SSSR count). The number of hydrogen-bond donors (Lipinski definition) is 1. The van der Waals surface area contributed by atoms with Crippen LogP contribution in [0.5, 0.6) is 5.88 Å². The molecule has 120 valence electrons. The number of carbonyl (C=O) groups excluding carboxylic acids is 1. The van der Waals surface area contributed by atoms with Gasteiger partial charge in [-0.2, -0.15) is 0 Å². The molecule has 0 aliphatic carbocycles. The Morgan fingerprint density at radius 1 is 1.26 bits per heavy atom. The number of anilines is 1. The number of nitrogens with zero attached hydrogens (tertiary/aromatic N) is 4. The fraction of sp³-hybridized carbons (Fsp3) is 0.375. The molecule has 1 amide bonds. The van der Waals surface area contributed by atoms with Crippen molar-refractivity contribution < 1.29 is 9.53 Å². The molecule has 1 N–H and O–H groups in total. The SMILES string of the molecule is COc1ncccc1C(=O)NCc1nccc(N2CCCC2)n1. The second-order valence-electron chi connectivity index (χ2n) is 5.27. The lowest BCUT2D eigenvalue weighted by Crippen LogP contribution is -2.25. The van der Waals surface area contributed by atoms with Crippen molar-refractivity contribution in [2.45, 2.75) is 19.4 Å². The highest BCUT2D eigenvalue weighted by atomic mass is 16.5. The molecule has 1 saturated heterocycles. The van der Waals surface area contributed by atoms with Crippen LogP contribution < -0.4 is 15.0 Å². The van der Waals surface area contributed by atoms with Gasteiger partial charge in [0.25, 0.3) is 5.91 Å². The lowest BCUT2D eigenvalue weighted by atomic mass is 10.2. The van der Waals surface area contributed by atoms with Gasteiger partial charge in [0.15, 0.2) is 0 Å². The summed E-state index contributed by atoms with van der Waals surface area (Å²) in [7, 11) is 1.49. The largest absolute Gasteiger partial charge is 0.480 e. The Kier molecular flexibility index (Phi) is 4.65. The number of carbonyl (C=O) groups is 1. The maximum Gasteiger partial charge on any atom is 0.257 e. The second-order valence-corrected chi connectivity index (χ2v) is 5.27. The summed E-state index contributed by atoms with van der Waals surface area (Å²) in [6.07, 6.45) is 5.69. The van der Waals surface area contributed by atoms with Gasteiger partial charge in [0.1, 0.15) is 17.2 Å². The summed E-state index contributed by atoms with van der Waals surface area (Å²) >= 11 is 0. The zero-order valence-electron chi connectivity index (χ0n) is 13.0. The fourth-order valence-corrected chi connectivity index (χ4v) is 2.58.